The summed E-state index contributed by atoms with van der Waals surface area (Å²) in [5.74, 6) is -1.95. The van der Waals surface area contributed by atoms with E-state index < -0.39 is 58.8 Å². The van der Waals surface area contributed by atoms with Gasteiger partial charge in [0.25, 0.3) is 0 Å². The molecular formula is C36H51N3O9. The van der Waals surface area contributed by atoms with Crippen molar-refractivity contribution in [2.75, 3.05) is 20.7 Å². The van der Waals surface area contributed by atoms with Crippen LogP contribution in [-0.4, -0.2) is 99.2 Å². The average Bonchev–Trinajstić information content (AvgIpc) is 3.63. The lowest BCUT2D eigenvalue weighted by Gasteiger charge is -2.55. The van der Waals surface area contributed by atoms with Crippen LogP contribution in [0.25, 0.3) is 0 Å². The smallest absolute Gasteiger partial charge is 0.339 e. The maximum atomic E-state index is 12.9. The summed E-state index contributed by atoms with van der Waals surface area (Å²) in [7, 11) is 2.89. The Balaban J connectivity index is 1.50. The normalized spacial score (nSPS) is 27.7. The van der Waals surface area contributed by atoms with Gasteiger partial charge in [-0.15, -0.1) is 0 Å². The van der Waals surface area contributed by atoms with Crippen LogP contribution < -0.4 is 5.32 Å². The number of oxazole rings is 1. The minimum Gasteiger partial charge on any atom is -0.457 e. The largest absolute Gasteiger partial charge is 0.457 e. The zero-order valence-electron chi connectivity index (χ0n) is 29.1. The van der Waals surface area contributed by atoms with Crippen LogP contribution in [0.3, 0.4) is 0 Å². The Labute approximate surface area is 282 Å². The molecular weight excluding hydrogens is 618 g/mol. The number of aliphatic hydroxyl groups excluding tert-OH is 2. The van der Waals surface area contributed by atoms with Gasteiger partial charge in [-0.1, -0.05) is 68.5 Å². The molecule has 3 rings (SSSR count). The van der Waals surface area contributed by atoms with E-state index in [1.165, 1.54) is 25.5 Å². The number of amides is 2. The molecule has 0 saturated carbocycles. The number of aromatic nitrogens is 1. The van der Waals surface area contributed by atoms with Gasteiger partial charge in [-0.25, -0.2) is 9.78 Å². The summed E-state index contributed by atoms with van der Waals surface area (Å²) < 4.78 is 16.0. The zero-order valence-corrected chi connectivity index (χ0v) is 29.1. The predicted molar refractivity (Wildman–Crippen MR) is 179 cm³/mol. The summed E-state index contributed by atoms with van der Waals surface area (Å²) >= 11 is 0. The molecule has 2 saturated heterocycles. The molecule has 4 N–H and O–H groups in total. The zero-order chi connectivity index (χ0) is 35.9. The molecule has 2 amide bonds. The summed E-state index contributed by atoms with van der Waals surface area (Å²) in [6, 6.07) is 0. The first-order chi connectivity index (χ1) is 22.6. The maximum absolute atomic E-state index is 12.9. The van der Waals surface area contributed by atoms with Crippen molar-refractivity contribution in [1.29, 1.82) is 0 Å². The lowest BCUT2D eigenvalue weighted by molar-refractivity contribution is -0.255. The lowest BCUT2D eigenvalue weighted by atomic mass is 9.65. The van der Waals surface area contributed by atoms with Crippen molar-refractivity contribution in [3.63, 3.8) is 0 Å². The first kappa shape index (κ1) is 38.6. The quantitative estimate of drug-likeness (QED) is 0.152. The number of methoxy groups -OCH3 is 1. The van der Waals surface area contributed by atoms with E-state index in [0.29, 0.717) is 12.0 Å². The van der Waals surface area contributed by atoms with Crippen molar-refractivity contribution in [2.45, 2.75) is 89.9 Å². The summed E-state index contributed by atoms with van der Waals surface area (Å²) in [6.07, 6.45) is 16.0. The van der Waals surface area contributed by atoms with Crippen LogP contribution in [0.5, 0.6) is 0 Å². The minimum atomic E-state index is -1.86. The predicted octanol–water partition coefficient (Wildman–Crippen LogP) is 2.82. The van der Waals surface area contributed by atoms with Crippen molar-refractivity contribution in [3.8, 4) is 0 Å². The van der Waals surface area contributed by atoms with Crippen molar-refractivity contribution in [1.82, 2.24) is 15.2 Å². The van der Waals surface area contributed by atoms with E-state index in [9.17, 15) is 29.7 Å². The molecule has 0 bridgehead atoms. The van der Waals surface area contributed by atoms with Crippen LogP contribution in [0.2, 0.25) is 0 Å². The highest BCUT2D eigenvalue weighted by molar-refractivity contribution is 5.99. The highest BCUT2D eigenvalue weighted by Crippen LogP contribution is 2.54. The Kier molecular flexibility index (Phi) is 12.9. The Bertz CT molecular complexity index is 1430. The van der Waals surface area contributed by atoms with Gasteiger partial charge in [0.05, 0.1) is 35.8 Å². The third-order valence-electron chi connectivity index (χ3n) is 9.78. The molecule has 2 aliphatic rings. The number of aliphatic hydroxyl groups is 3. The number of carbonyl (C=O) groups is 3. The van der Waals surface area contributed by atoms with Gasteiger partial charge >= 0.3 is 5.97 Å². The Morgan fingerprint density at radius 2 is 1.85 bits per heavy atom. The third-order valence-corrected chi connectivity index (χ3v) is 9.78. The number of esters is 1. The fraction of sp³-hybridized carbons (Fsp3) is 0.556. The molecule has 1 aromatic heterocycles. The van der Waals surface area contributed by atoms with E-state index in [2.05, 4.69) is 10.3 Å². The van der Waals surface area contributed by atoms with Crippen LogP contribution in [0, 0.1) is 17.3 Å². The minimum absolute atomic E-state index is 0.160. The number of hydrogen-bond acceptors (Lipinski definition) is 10. The summed E-state index contributed by atoms with van der Waals surface area (Å²) in [6.45, 7) is 10.3. The summed E-state index contributed by atoms with van der Waals surface area (Å²) in [4.78, 5) is 43.7. The van der Waals surface area contributed by atoms with Gasteiger partial charge in [0.15, 0.2) is 6.39 Å². The number of nitrogens with one attached hydrogen (secondary N) is 1. The highest BCUT2D eigenvalue weighted by Gasteiger charge is 2.80. The number of cyclic esters (lactones) is 1. The topological polar surface area (TPSA) is 172 Å². The maximum Gasteiger partial charge on any atom is 0.339 e. The molecule has 48 heavy (non-hydrogen) atoms. The number of likely N-dealkylation sites (N-methyl/N-ethyl adjacent to an activating group) is 1. The van der Waals surface area contributed by atoms with Crippen molar-refractivity contribution in [3.05, 3.63) is 78.6 Å². The SMILES string of the molecule is COC(CC(C)C(O)C=CC=CCNC(=O)C(C)(C)C(O)C(C)=CC=CC=CCc1cnco1)C1(O)C(C)C(=O)N(C)C12C(=O)OC2C. The monoisotopic (exact) mass is 669 g/mol. The molecule has 3 heterocycles. The van der Waals surface area contributed by atoms with Gasteiger partial charge in [0.2, 0.25) is 17.4 Å². The van der Waals surface area contributed by atoms with Gasteiger partial charge in [-0.05, 0) is 45.6 Å². The van der Waals surface area contributed by atoms with E-state index in [1.807, 2.05) is 18.2 Å². The van der Waals surface area contributed by atoms with Gasteiger partial charge in [0.1, 0.15) is 17.5 Å². The highest BCUT2D eigenvalue weighted by atomic mass is 16.6. The second-order valence-corrected chi connectivity index (χ2v) is 13.2. The van der Waals surface area contributed by atoms with Crippen LogP contribution in [-0.2, 0) is 30.3 Å². The van der Waals surface area contributed by atoms with E-state index in [4.69, 9.17) is 13.9 Å². The van der Waals surface area contributed by atoms with Crippen molar-refractivity contribution >= 4 is 17.8 Å². The fourth-order valence-electron chi connectivity index (χ4n) is 6.61. The number of carbonyl (C=O) groups excluding carboxylic acids is 3. The van der Waals surface area contributed by atoms with Crippen LogP contribution in [0.4, 0.5) is 0 Å². The second-order valence-electron chi connectivity index (χ2n) is 13.2. The molecule has 2 aliphatic heterocycles. The molecule has 8 atom stereocenters. The standard InChI is InChI=1S/C36H51N3O9/c1-23(16-12-9-10-13-17-27-21-37-22-47-27)30(41)34(5,6)32(43)38-19-15-11-14-18-28(40)24(2)20-29(46-8)36(45)25(3)31(42)39(7)35(36)26(4)48-33(35)44/h9-16,18,21-22,24-26,28-30,40-41,45H,17,19-20H2,1-8H3,(H,38,43). The molecule has 0 aromatic carbocycles. The second kappa shape index (κ2) is 16.0. The van der Waals surface area contributed by atoms with Gasteiger partial charge < -0.3 is 39.4 Å². The molecule has 264 valence electrons. The van der Waals surface area contributed by atoms with E-state index in [1.54, 1.807) is 84.2 Å². The molecule has 0 aliphatic carbocycles. The Hall–Kier alpha value is -3.84. The average molecular weight is 670 g/mol. The first-order valence-electron chi connectivity index (χ1n) is 16.2. The van der Waals surface area contributed by atoms with E-state index in [0.717, 1.165) is 5.76 Å². The first-order valence-corrected chi connectivity index (χ1v) is 16.2. The molecule has 1 aromatic rings. The van der Waals surface area contributed by atoms with Crippen LogP contribution in [0.1, 0.15) is 53.7 Å². The van der Waals surface area contributed by atoms with Crippen molar-refractivity contribution in [2.24, 2.45) is 17.3 Å². The Morgan fingerprint density at radius 3 is 2.46 bits per heavy atom. The number of allylic oxidation sites excluding steroid dienone is 7. The summed E-state index contributed by atoms with van der Waals surface area (Å²) in [5, 5.41) is 36.5. The molecule has 8 unspecified atom stereocenters. The molecule has 1 spiro atoms. The third kappa shape index (κ3) is 7.41. The Morgan fingerprint density at radius 1 is 1.17 bits per heavy atom. The van der Waals surface area contributed by atoms with Crippen LogP contribution in [0.15, 0.2) is 77.3 Å². The molecule has 0 radical (unpaired) electrons. The number of ether oxygens (including phenoxy) is 2. The van der Waals surface area contributed by atoms with Crippen molar-refractivity contribution < 1.29 is 43.6 Å². The van der Waals surface area contributed by atoms with E-state index in [-0.39, 0.29) is 24.8 Å². The molecule has 12 heteroatoms. The molecule has 2 fully saturated rings. The van der Waals surface area contributed by atoms with Gasteiger partial charge in [-0.2, -0.15) is 0 Å². The molecule has 12 nitrogen and oxygen atoms in total. The number of hydrogen-bond donors (Lipinski definition) is 4. The fourth-order valence-corrected chi connectivity index (χ4v) is 6.61. The van der Waals surface area contributed by atoms with Gasteiger partial charge in [-0.3, -0.25) is 9.59 Å². The van der Waals surface area contributed by atoms with E-state index >= 15 is 0 Å². The number of nitrogens with zero attached hydrogens (tertiary/aromatic N) is 2. The van der Waals surface area contributed by atoms with Gasteiger partial charge in [0, 0.05) is 27.1 Å². The lowest BCUT2D eigenvalue weighted by Crippen LogP contribution is -2.80. The number of likely N-dealkylation sites (tertiary alicyclic amines) is 1. The summed E-state index contributed by atoms with van der Waals surface area (Å²) in [5.41, 5.74) is -3.87. The van der Waals surface area contributed by atoms with Crippen LogP contribution >= 0.6 is 0 Å². The number of rotatable bonds is 16.